The van der Waals surface area contributed by atoms with E-state index in [0.717, 1.165) is 11.3 Å². The quantitative estimate of drug-likeness (QED) is 0.705. The van der Waals surface area contributed by atoms with Gasteiger partial charge < -0.3 is 4.74 Å². The summed E-state index contributed by atoms with van der Waals surface area (Å²) in [5.41, 5.74) is 0.801. The molecule has 2 nitrogen and oxygen atoms in total. The second kappa shape index (κ2) is 4.05. The van der Waals surface area contributed by atoms with E-state index < -0.39 is 0 Å². The maximum atomic E-state index is 12.0. The van der Waals surface area contributed by atoms with Crippen molar-refractivity contribution in [1.29, 1.82) is 0 Å². The Hall–Kier alpha value is -1.31. The minimum absolute atomic E-state index is 0.179. The minimum atomic E-state index is 0.179. The topological polar surface area (TPSA) is 26.3 Å². The highest BCUT2D eigenvalue weighted by molar-refractivity contribution is 5.98. The molecule has 0 aromatic heterocycles. The van der Waals surface area contributed by atoms with Gasteiger partial charge in [-0.15, -0.1) is 0 Å². The Balaban J connectivity index is 2.10. The van der Waals surface area contributed by atoms with Crippen LogP contribution in [-0.4, -0.2) is 12.9 Å². The maximum Gasteiger partial charge on any atom is 0.165 e. The molecule has 80 valence electrons. The molecular weight excluding hydrogens is 188 g/mol. The van der Waals surface area contributed by atoms with Gasteiger partial charge in [-0.05, 0) is 43.0 Å². The lowest BCUT2D eigenvalue weighted by Crippen LogP contribution is -2.12. The molecule has 0 amide bonds. The first kappa shape index (κ1) is 10.2. The van der Waals surface area contributed by atoms with Crippen LogP contribution in [0.4, 0.5) is 0 Å². The van der Waals surface area contributed by atoms with Crippen LogP contribution in [0.2, 0.25) is 0 Å². The fraction of sp³-hybridized carbons (Fsp3) is 0.462. The van der Waals surface area contributed by atoms with Crippen LogP contribution in [0.25, 0.3) is 0 Å². The number of carbonyl (C=O) groups is 1. The summed E-state index contributed by atoms with van der Waals surface area (Å²) in [4.78, 5) is 12.0. The van der Waals surface area contributed by atoms with Gasteiger partial charge >= 0.3 is 0 Å². The summed E-state index contributed by atoms with van der Waals surface area (Å²) < 4.78 is 5.06. The third-order valence-electron chi connectivity index (χ3n) is 3.12. The summed E-state index contributed by atoms with van der Waals surface area (Å²) in [6, 6.07) is 7.37. The van der Waals surface area contributed by atoms with Crippen molar-refractivity contribution in [3.8, 4) is 5.75 Å². The van der Waals surface area contributed by atoms with Gasteiger partial charge in [-0.25, -0.2) is 0 Å². The normalized spacial score (nSPS) is 17.2. The Morgan fingerprint density at radius 1 is 1.33 bits per heavy atom. The highest BCUT2D eigenvalue weighted by Gasteiger charge is 2.32. The van der Waals surface area contributed by atoms with Crippen molar-refractivity contribution >= 4 is 5.78 Å². The molecule has 1 aliphatic carbocycles. The highest BCUT2D eigenvalue weighted by atomic mass is 16.5. The van der Waals surface area contributed by atoms with Crippen LogP contribution in [-0.2, 0) is 0 Å². The SMILES string of the molecule is COc1ccc(C(=O)C(C)C2CC2)cc1. The third-order valence-corrected chi connectivity index (χ3v) is 3.12. The van der Waals surface area contributed by atoms with Gasteiger partial charge in [0.05, 0.1) is 7.11 Å². The average molecular weight is 204 g/mol. The van der Waals surface area contributed by atoms with Crippen LogP contribution in [0.15, 0.2) is 24.3 Å². The molecule has 1 saturated carbocycles. The third kappa shape index (κ3) is 2.20. The minimum Gasteiger partial charge on any atom is -0.497 e. The Morgan fingerprint density at radius 2 is 1.93 bits per heavy atom. The molecule has 0 aliphatic heterocycles. The van der Waals surface area contributed by atoms with Gasteiger partial charge in [-0.2, -0.15) is 0 Å². The molecule has 1 unspecified atom stereocenters. The number of carbonyl (C=O) groups excluding carboxylic acids is 1. The molecule has 2 rings (SSSR count). The first-order valence-electron chi connectivity index (χ1n) is 5.40. The Morgan fingerprint density at radius 3 is 2.40 bits per heavy atom. The van der Waals surface area contributed by atoms with E-state index >= 15 is 0 Å². The van der Waals surface area contributed by atoms with Gasteiger partial charge in [0, 0.05) is 11.5 Å². The van der Waals surface area contributed by atoms with E-state index in [9.17, 15) is 4.79 Å². The second-order valence-electron chi connectivity index (χ2n) is 4.22. The molecule has 0 radical (unpaired) electrons. The molecule has 15 heavy (non-hydrogen) atoms. The Kier molecular flexibility index (Phi) is 2.76. The second-order valence-corrected chi connectivity index (χ2v) is 4.22. The Labute approximate surface area is 90.3 Å². The van der Waals surface area contributed by atoms with Crippen LogP contribution in [0.5, 0.6) is 5.75 Å². The largest absolute Gasteiger partial charge is 0.497 e. The van der Waals surface area contributed by atoms with Crippen LogP contribution in [0.1, 0.15) is 30.1 Å². The van der Waals surface area contributed by atoms with E-state index in [1.807, 2.05) is 31.2 Å². The summed E-state index contributed by atoms with van der Waals surface area (Å²) in [5, 5.41) is 0. The molecule has 1 atom stereocenters. The van der Waals surface area contributed by atoms with Gasteiger partial charge in [0.15, 0.2) is 5.78 Å². The summed E-state index contributed by atoms with van der Waals surface area (Å²) >= 11 is 0. The van der Waals surface area contributed by atoms with E-state index in [2.05, 4.69) is 0 Å². The van der Waals surface area contributed by atoms with Crippen molar-refractivity contribution < 1.29 is 9.53 Å². The van der Waals surface area contributed by atoms with E-state index in [-0.39, 0.29) is 11.7 Å². The number of methoxy groups -OCH3 is 1. The molecule has 0 bridgehead atoms. The first-order valence-corrected chi connectivity index (χ1v) is 5.40. The molecule has 0 heterocycles. The van der Waals surface area contributed by atoms with Crippen molar-refractivity contribution in [3.05, 3.63) is 29.8 Å². The first-order chi connectivity index (χ1) is 7.22. The molecule has 0 saturated heterocycles. The standard InChI is InChI=1S/C13H16O2/c1-9(10-3-4-10)13(14)11-5-7-12(15-2)8-6-11/h5-10H,3-4H2,1-2H3. The van der Waals surface area contributed by atoms with Gasteiger partial charge in [-0.1, -0.05) is 6.92 Å². The molecular formula is C13H16O2. The monoisotopic (exact) mass is 204 g/mol. The van der Waals surface area contributed by atoms with Crippen LogP contribution in [0.3, 0.4) is 0 Å². The average Bonchev–Trinajstić information content (AvgIpc) is 3.11. The molecule has 1 aromatic carbocycles. The van der Waals surface area contributed by atoms with Crippen molar-refractivity contribution in [3.63, 3.8) is 0 Å². The van der Waals surface area contributed by atoms with E-state index in [1.54, 1.807) is 7.11 Å². The predicted molar refractivity (Wildman–Crippen MR) is 59.2 cm³/mol. The lowest BCUT2D eigenvalue weighted by atomic mass is 9.95. The number of ether oxygens (including phenoxy) is 1. The van der Waals surface area contributed by atoms with Crippen molar-refractivity contribution in [1.82, 2.24) is 0 Å². The number of hydrogen-bond acceptors (Lipinski definition) is 2. The van der Waals surface area contributed by atoms with Crippen LogP contribution >= 0.6 is 0 Å². The van der Waals surface area contributed by atoms with Gasteiger partial charge in [-0.3, -0.25) is 4.79 Å². The smallest absolute Gasteiger partial charge is 0.165 e. The number of Topliss-reactive ketones (excluding diaryl/α,β-unsaturated/α-hetero) is 1. The zero-order valence-electron chi connectivity index (χ0n) is 9.19. The number of benzene rings is 1. The van der Waals surface area contributed by atoms with E-state index in [1.165, 1.54) is 12.8 Å². The van der Waals surface area contributed by atoms with Crippen molar-refractivity contribution in [2.24, 2.45) is 11.8 Å². The predicted octanol–water partition coefficient (Wildman–Crippen LogP) is 2.92. The zero-order valence-corrected chi connectivity index (χ0v) is 9.19. The van der Waals surface area contributed by atoms with Gasteiger partial charge in [0.25, 0.3) is 0 Å². The highest BCUT2D eigenvalue weighted by Crippen LogP contribution is 2.38. The number of ketones is 1. The van der Waals surface area contributed by atoms with E-state index in [4.69, 9.17) is 4.74 Å². The molecule has 1 aliphatic rings. The van der Waals surface area contributed by atoms with Crippen LogP contribution < -0.4 is 4.74 Å². The van der Waals surface area contributed by atoms with Crippen LogP contribution in [0, 0.1) is 11.8 Å². The molecule has 1 aromatic rings. The zero-order chi connectivity index (χ0) is 10.8. The van der Waals surface area contributed by atoms with E-state index in [0.29, 0.717) is 5.92 Å². The lowest BCUT2D eigenvalue weighted by Gasteiger charge is -2.09. The lowest BCUT2D eigenvalue weighted by molar-refractivity contribution is 0.0916. The number of hydrogen-bond donors (Lipinski definition) is 0. The summed E-state index contributed by atoms with van der Waals surface area (Å²) in [7, 11) is 1.63. The summed E-state index contributed by atoms with van der Waals surface area (Å²) in [6.07, 6.45) is 2.42. The molecule has 0 N–H and O–H groups in total. The Bertz CT molecular complexity index is 349. The van der Waals surface area contributed by atoms with Crippen molar-refractivity contribution in [2.45, 2.75) is 19.8 Å². The summed E-state index contributed by atoms with van der Waals surface area (Å²) in [6.45, 7) is 2.03. The van der Waals surface area contributed by atoms with Crippen molar-refractivity contribution in [2.75, 3.05) is 7.11 Å². The molecule has 2 heteroatoms. The number of rotatable bonds is 4. The van der Waals surface area contributed by atoms with Gasteiger partial charge in [0.2, 0.25) is 0 Å². The van der Waals surface area contributed by atoms with Gasteiger partial charge in [0.1, 0.15) is 5.75 Å². The fourth-order valence-corrected chi connectivity index (χ4v) is 1.83. The summed E-state index contributed by atoms with van der Waals surface area (Å²) in [5.74, 6) is 1.86. The fourth-order valence-electron chi connectivity index (χ4n) is 1.83. The molecule has 0 spiro atoms. The molecule has 1 fully saturated rings. The maximum absolute atomic E-state index is 12.0.